The lowest BCUT2D eigenvalue weighted by atomic mass is 10.1. The van der Waals surface area contributed by atoms with Crippen molar-refractivity contribution in [2.45, 2.75) is 13.5 Å². The van der Waals surface area contributed by atoms with Crippen LogP contribution in [-0.2, 0) is 16.1 Å². The van der Waals surface area contributed by atoms with Crippen molar-refractivity contribution < 1.29 is 33.4 Å². The Morgan fingerprint density at radius 3 is 2.29 bits per heavy atom. The standard InChI is InChI=1S/C32H26N2O7S/c1-3-40-31(38)23-10-8-21(9-11-23)27-17-16-26(41-27)18-28-29(35)34(19-20-4-6-22(7-5-20)30(36)37)32(42-28)33-24-12-14-25(39-2)15-13-24/h4-18H,3,19H2,1-2H3,(H,36,37)/b28-18-,33-32?. The van der Waals surface area contributed by atoms with E-state index < -0.39 is 5.97 Å². The molecule has 1 fully saturated rings. The minimum atomic E-state index is -1.02. The van der Waals surface area contributed by atoms with E-state index in [0.717, 1.165) is 11.1 Å². The number of carboxylic acids is 1. The van der Waals surface area contributed by atoms with Crippen LogP contribution in [0.15, 0.2) is 99.2 Å². The van der Waals surface area contributed by atoms with E-state index in [9.17, 15) is 19.5 Å². The number of nitrogens with zero attached hydrogens (tertiary/aromatic N) is 2. The first-order valence-electron chi connectivity index (χ1n) is 13.0. The summed E-state index contributed by atoms with van der Waals surface area (Å²) in [6.45, 7) is 2.26. The first kappa shape index (κ1) is 28.4. The Balaban J connectivity index is 1.41. The Hall–Kier alpha value is -5.09. The number of carbonyl (C=O) groups is 3. The second kappa shape index (κ2) is 12.6. The lowest BCUT2D eigenvalue weighted by molar-refractivity contribution is -0.122. The topological polar surface area (TPSA) is 119 Å². The summed E-state index contributed by atoms with van der Waals surface area (Å²) in [7, 11) is 1.58. The summed E-state index contributed by atoms with van der Waals surface area (Å²) in [6, 6.07) is 24.0. The first-order valence-corrected chi connectivity index (χ1v) is 13.8. The molecule has 1 aliphatic rings. The van der Waals surface area contributed by atoms with Crippen LogP contribution in [0.2, 0.25) is 0 Å². The third-order valence-corrected chi connectivity index (χ3v) is 7.31. The number of aliphatic imine (C=N–C) groups is 1. The van der Waals surface area contributed by atoms with Crippen LogP contribution in [0.3, 0.4) is 0 Å². The zero-order chi connectivity index (χ0) is 29.6. The van der Waals surface area contributed by atoms with Gasteiger partial charge in [0.15, 0.2) is 5.17 Å². The highest BCUT2D eigenvalue weighted by Crippen LogP contribution is 2.36. The van der Waals surface area contributed by atoms with Gasteiger partial charge in [-0.1, -0.05) is 24.3 Å². The summed E-state index contributed by atoms with van der Waals surface area (Å²) < 4.78 is 16.3. The number of methoxy groups -OCH3 is 1. The number of furan rings is 1. The van der Waals surface area contributed by atoms with E-state index in [4.69, 9.17) is 18.9 Å². The molecule has 10 heteroatoms. The number of thioether (sulfide) groups is 1. The zero-order valence-electron chi connectivity index (χ0n) is 22.8. The number of carbonyl (C=O) groups excluding carboxylic acids is 2. The Morgan fingerprint density at radius 1 is 0.952 bits per heavy atom. The van der Waals surface area contributed by atoms with Crippen molar-refractivity contribution in [3.05, 3.63) is 112 Å². The quantitative estimate of drug-likeness (QED) is 0.172. The maximum absolute atomic E-state index is 13.6. The van der Waals surface area contributed by atoms with E-state index >= 15 is 0 Å². The highest BCUT2D eigenvalue weighted by molar-refractivity contribution is 8.18. The molecule has 0 unspecified atom stereocenters. The first-order chi connectivity index (χ1) is 20.3. The van der Waals surface area contributed by atoms with Crippen LogP contribution < -0.4 is 4.74 Å². The number of rotatable bonds is 9. The molecule has 0 saturated carbocycles. The van der Waals surface area contributed by atoms with Crippen molar-refractivity contribution in [2.75, 3.05) is 13.7 Å². The van der Waals surface area contributed by atoms with Gasteiger partial charge in [0.05, 0.1) is 42.0 Å². The van der Waals surface area contributed by atoms with E-state index in [-0.39, 0.29) is 24.0 Å². The fourth-order valence-corrected chi connectivity index (χ4v) is 5.11. The number of carboxylic acid groups (broad SMARTS) is 1. The molecule has 1 N–H and O–H groups in total. The smallest absolute Gasteiger partial charge is 0.338 e. The molecule has 1 amide bonds. The Morgan fingerprint density at radius 2 is 1.64 bits per heavy atom. The van der Waals surface area contributed by atoms with Gasteiger partial charge in [-0.15, -0.1) is 0 Å². The molecule has 0 aliphatic carbocycles. The lowest BCUT2D eigenvalue weighted by Gasteiger charge is -2.16. The van der Waals surface area contributed by atoms with Crippen molar-refractivity contribution in [1.82, 2.24) is 4.90 Å². The Bertz CT molecular complexity index is 1670. The van der Waals surface area contributed by atoms with Crippen molar-refractivity contribution in [1.29, 1.82) is 0 Å². The number of aromatic carboxylic acids is 1. The minimum Gasteiger partial charge on any atom is -0.497 e. The highest BCUT2D eigenvalue weighted by atomic mass is 32.2. The molecule has 1 saturated heterocycles. The van der Waals surface area contributed by atoms with Gasteiger partial charge in [-0.3, -0.25) is 9.69 Å². The maximum Gasteiger partial charge on any atom is 0.338 e. The second-order valence-corrected chi connectivity index (χ2v) is 10.1. The van der Waals surface area contributed by atoms with Crippen LogP contribution in [0.5, 0.6) is 5.75 Å². The van der Waals surface area contributed by atoms with Crippen molar-refractivity contribution in [2.24, 2.45) is 4.99 Å². The van der Waals surface area contributed by atoms with Crippen LogP contribution >= 0.6 is 11.8 Å². The highest BCUT2D eigenvalue weighted by Gasteiger charge is 2.34. The molecule has 2 heterocycles. The van der Waals surface area contributed by atoms with Crippen LogP contribution in [0.4, 0.5) is 5.69 Å². The maximum atomic E-state index is 13.6. The summed E-state index contributed by atoms with van der Waals surface area (Å²) in [5.74, 6) is 0.0804. The normalized spacial score (nSPS) is 14.9. The molecule has 0 atom stereocenters. The molecule has 42 heavy (non-hydrogen) atoms. The summed E-state index contributed by atoms with van der Waals surface area (Å²) in [5.41, 5.74) is 2.78. The Kier molecular flexibility index (Phi) is 8.54. The summed E-state index contributed by atoms with van der Waals surface area (Å²) in [4.78, 5) is 43.5. The van der Waals surface area contributed by atoms with E-state index in [1.807, 2.05) is 0 Å². The van der Waals surface area contributed by atoms with Crippen LogP contribution in [0.1, 0.15) is 39.0 Å². The van der Waals surface area contributed by atoms with Crippen molar-refractivity contribution in [3.63, 3.8) is 0 Å². The van der Waals surface area contributed by atoms with Gasteiger partial charge in [0.1, 0.15) is 17.3 Å². The van der Waals surface area contributed by atoms with Gasteiger partial charge in [-0.25, -0.2) is 14.6 Å². The van der Waals surface area contributed by atoms with Gasteiger partial charge in [-0.05, 0) is 84.9 Å². The monoisotopic (exact) mass is 582 g/mol. The number of amides is 1. The molecular formula is C32H26N2O7S. The summed E-state index contributed by atoms with van der Waals surface area (Å²) in [5, 5.41) is 9.69. The molecule has 1 aromatic heterocycles. The lowest BCUT2D eigenvalue weighted by Crippen LogP contribution is -2.28. The number of amidine groups is 1. The fourth-order valence-electron chi connectivity index (χ4n) is 4.13. The third kappa shape index (κ3) is 6.45. The van der Waals surface area contributed by atoms with Gasteiger partial charge in [0.25, 0.3) is 5.91 Å². The molecule has 4 aromatic rings. The minimum absolute atomic E-state index is 0.165. The average Bonchev–Trinajstić information content (AvgIpc) is 3.58. The Labute approximate surface area is 246 Å². The third-order valence-electron chi connectivity index (χ3n) is 6.31. The number of hydrogen-bond donors (Lipinski definition) is 1. The van der Waals surface area contributed by atoms with E-state index in [1.54, 1.807) is 97.8 Å². The van der Waals surface area contributed by atoms with E-state index in [2.05, 4.69) is 0 Å². The SMILES string of the molecule is CCOC(=O)c1ccc(-c2ccc(/C=C3\SC(=Nc4ccc(OC)cc4)N(Cc4ccc(C(=O)O)cc4)C3=O)o2)cc1. The van der Waals surface area contributed by atoms with Gasteiger partial charge >= 0.3 is 11.9 Å². The van der Waals surface area contributed by atoms with Crippen molar-refractivity contribution in [3.8, 4) is 17.1 Å². The average molecular weight is 583 g/mol. The summed E-state index contributed by atoms with van der Waals surface area (Å²) >= 11 is 1.22. The molecule has 212 valence electrons. The summed E-state index contributed by atoms with van der Waals surface area (Å²) in [6.07, 6.45) is 1.67. The van der Waals surface area contributed by atoms with Crippen molar-refractivity contribution >= 4 is 46.5 Å². The molecule has 0 radical (unpaired) electrons. The number of benzene rings is 3. The molecule has 5 rings (SSSR count). The molecule has 9 nitrogen and oxygen atoms in total. The van der Waals surface area contributed by atoms with Gasteiger partial charge < -0.3 is 19.0 Å². The van der Waals surface area contributed by atoms with E-state index in [0.29, 0.717) is 45.2 Å². The van der Waals surface area contributed by atoms with E-state index in [1.165, 1.54) is 23.9 Å². The number of ether oxygens (including phenoxy) is 2. The number of hydrogen-bond acceptors (Lipinski definition) is 8. The fraction of sp³-hybridized carbons (Fsp3) is 0.125. The van der Waals surface area contributed by atoms with Gasteiger partial charge in [0.2, 0.25) is 0 Å². The van der Waals surface area contributed by atoms with Crippen LogP contribution in [-0.4, -0.2) is 46.7 Å². The van der Waals surface area contributed by atoms with Gasteiger partial charge in [-0.2, -0.15) is 0 Å². The molecule has 0 spiro atoms. The number of esters is 1. The molecule has 0 bridgehead atoms. The van der Waals surface area contributed by atoms with Crippen LogP contribution in [0.25, 0.3) is 17.4 Å². The molecule has 3 aromatic carbocycles. The van der Waals surface area contributed by atoms with Gasteiger partial charge in [0, 0.05) is 11.6 Å². The molecule has 1 aliphatic heterocycles. The largest absolute Gasteiger partial charge is 0.497 e. The predicted octanol–water partition coefficient (Wildman–Crippen LogP) is 6.63. The zero-order valence-corrected chi connectivity index (χ0v) is 23.6. The van der Waals surface area contributed by atoms with Crippen LogP contribution in [0, 0.1) is 0 Å². The second-order valence-electron chi connectivity index (χ2n) is 9.10. The predicted molar refractivity (Wildman–Crippen MR) is 160 cm³/mol. The molecular weight excluding hydrogens is 556 g/mol.